The molecule has 94 valence electrons. The number of methoxy groups -OCH3 is 2. The Hall–Kier alpha value is -1.24. The molecule has 0 atom stereocenters. The molecule has 0 aliphatic rings. The van der Waals surface area contributed by atoms with Crippen LogP contribution in [0.5, 0.6) is 5.75 Å². The number of halogens is 3. The van der Waals surface area contributed by atoms with E-state index >= 15 is 0 Å². The summed E-state index contributed by atoms with van der Waals surface area (Å²) in [6.45, 7) is 0. The van der Waals surface area contributed by atoms with Gasteiger partial charge in [0.25, 0.3) is 6.43 Å². The number of carbonyl (C=O) groups is 1. The van der Waals surface area contributed by atoms with Crippen LogP contribution < -0.4 is 4.74 Å². The molecule has 0 amide bonds. The van der Waals surface area contributed by atoms with Crippen LogP contribution in [-0.2, 0) is 16.0 Å². The summed E-state index contributed by atoms with van der Waals surface area (Å²) in [6, 6.07) is 0. The number of nitrogens with zero attached hydrogens (tertiary/aromatic N) is 1. The van der Waals surface area contributed by atoms with E-state index in [0.29, 0.717) is 0 Å². The highest BCUT2D eigenvalue weighted by atomic mass is 79.9. The Labute approximate surface area is 105 Å². The summed E-state index contributed by atoms with van der Waals surface area (Å²) in [5.74, 6) is -0.503. The van der Waals surface area contributed by atoms with E-state index in [9.17, 15) is 13.6 Å². The van der Waals surface area contributed by atoms with Gasteiger partial charge in [-0.3, -0.25) is 4.79 Å². The first-order valence-corrected chi connectivity index (χ1v) is 5.36. The van der Waals surface area contributed by atoms with Crippen LogP contribution in [0.1, 0.15) is 17.6 Å². The van der Waals surface area contributed by atoms with Gasteiger partial charge >= 0.3 is 5.97 Å². The van der Waals surface area contributed by atoms with E-state index in [1.807, 2.05) is 0 Å². The monoisotopic (exact) mass is 309 g/mol. The van der Waals surface area contributed by atoms with Gasteiger partial charge in [-0.25, -0.2) is 13.8 Å². The minimum atomic E-state index is -2.73. The molecule has 0 radical (unpaired) electrons. The van der Waals surface area contributed by atoms with Crippen molar-refractivity contribution in [3.63, 3.8) is 0 Å². The van der Waals surface area contributed by atoms with Crippen LogP contribution in [-0.4, -0.2) is 25.2 Å². The second kappa shape index (κ2) is 5.90. The highest BCUT2D eigenvalue weighted by Gasteiger charge is 2.22. The molecule has 4 nitrogen and oxygen atoms in total. The summed E-state index contributed by atoms with van der Waals surface area (Å²) in [7, 11) is 2.50. The molecule has 0 aliphatic carbocycles. The Kier molecular flexibility index (Phi) is 4.80. The first kappa shape index (κ1) is 13.8. The molecule has 0 aliphatic heterocycles. The van der Waals surface area contributed by atoms with E-state index in [1.165, 1.54) is 14.2 Å². The highest BCUT2D eigenvalue weighted by molar-refractivity contribution is 9.10. The fourth-order valence-corrected chi connectivity index (χ4v) is 1.82. The van der Waals surface area contributed by atoms with E-state index < -0.39 is 12.4 Å². The lowest BCUT2D eigenvalue weighted by molar-refractivity contribution is -0.139. The molecule has 7 heteroatoms. The molecule has 0 saturated heterocycles. The first-order chi connectivity index (χ1) is 8.01. The molecule has 0 aromatic carbocycles. The van der Waals surface area contributed by atoms with Crippen molar-refractivity contribution in [1.29, 1.82) is 0 Å². The number of hydrogen-bond acceptors (Lipinski definition) is 4. The molecular formula is C10H10BrF2NO3. The van der Waals surface area contributed by atoms with Crippen molar-refractivity contribution in [2.45, 2.75) is 12.8 Å². The molecule has 0 bridgehead atoms. The summed E-state index contributed by atoms with van der Waals surface area (Å²) in [6.07, 6.45) is -2.01. The van der Waals surface area contributed by atoms with Gasteiger partial charge in [0.05, 0.1) is 20.6 Å². The van der Waals surface area contributed by atoms with Crippen LogP contribution in [0.4, 0.5) is 8.78 Å². The smallest absolute Gasteiger partial charge is 0.310 e. The van der Waals surface area contributed by atoms with E-state index in [1.54, 1.807) is 0 Å². The summed E-state index contributed by atoms with van der Waals surface area (Å²) in [5.41, 5.74) is -0.258. The third kappa shape index (κ3) is 3.12. The van der Waals surface area contributed by atoms with Crippen LogP contribution in [0.2, 0.25) is 0 Å². The number of carbonyl (C=O) groups excluding carboxylic acids is 1. The fraction of sp³-hybridized carbons (Fsp3) is 0.400. The van der Waals surface area contributed by atoms with Crippen LogP contribution in [0, 0.1) is 0 Å². The van der Waals surface area contributed by atoms with Crippen molar-refractivity contribution < 1.29 is 23.0 Å². The number of hydrogen-bond donors (Lipinski definition) is 0. The molecule has 0 spiro atoms. The van der Waals surface area contributed by atoms with Gasteiger partial charge in [0, 0.05) is 17.3 Å². The Morgan fingerprint density at radius 3 is 2.65 bits per heavy atom. The second-order valence-corrected chi connectivity index (χ2v) is 3.82. The summed E-state index contributed by atoms with van der Waals surface area (Å²) in [4.78, 5) is 14.9. The average molecular weight is 310 g/mol. The van der Waals surface area contributed by atoms with Crippen molar-refractivity contribution in [2.75, 3.05) is 14.2 Å². The van der Waals surface area contributed by atoms with E-state index in [4.69, 9.17) is 4.74 Å². The van der Waals surface area contributed by atoms with Gasteiger partial charge in [-0.2, -0.15) is 0 Å². The van der Waals surface area contributed by atoms with Gasteiger partial charge < -0.3 is 9.47 Å². The lowest BCUT2D eigenvalue weighted by Crippen LogP contribution is -2.10. The van der Waals surface area contributed by atoms with E-state index in [0.717, 1.165) is 6.20 Å². The van der Waals surface area contributed by atoms with Crippen molar-refractivity contribution in [1.82, 2.24) is 4.98 Å². The third-order valence-electron chi connectivity index (χ3n) is 2.11. The largest absolute Gasteiger partial charge is 0.494 e. The van der Waals surface area contributed by atoms with Gasteiger partial charge in [0.15, 0.2) is 5.75 Å². The predicted octanol–water partition coefficient (Wildman–Crippen LogP) is 2.51. The fourth-order valence-electron chi connectivity index (χ4n) is 1.31. The van der Waals surface area contributed by atoms with Crippen LogP contribution in [0.25, 0.3) is 0 Å². The zero-order chi connectivity index (χ0) is 13.0. The Morgan fingerprint density at radius 1 is 1.53 bits per heavy atom. The first-order valence-electron chi connectivity index (χ1n) is 4.57. The molecule has 0 saturated carbocycles. The normalized spacial score (nSPS) is 10.5. The average Bonchev–Trinajstić information content (AvgIpc) is 2.28. The highest BCUT2D eigenvalue weighted by Crippen LogP contribution is 2.34. The third-order valence-corrected chi connectivity index (χ3v) is 2.68. The molecule has 0 fully saturated rings. The zero-order valence-corrected chi connectivity index (χ0v) is 10.8. The summed E-state index contributed by atoms with van der Waals surface area (Å²) in [5, 5.41) is 0. The lowest BCUT2D eigenvalue weighted by atomic mass is 10.1. The number of rotatable bonds is 4. The Bertz CT molecular complexity index is 426. The van der Waals surface area contributed by atoms with Gasteiger partial charge in [0.1, 0.15) is 4.60 Å². The quantitative estimate of drug-likeness (QED) is 0.633. The SMILES string of the molecule is COC(=O)Cc1c(C(F)F)cnc(Br)c1OC. The Balaban J connectivity index is 3.28. The van der Waals surface area contributed by atoms with Crippen LogP contribution >= 0.6 is 15.9 Å². The summed E-state index contributed by atoms with van der Waals surface area (Å²) >= 11 is 3.07. The maximum atomic E-state index is 12.8. The number of alkyl halides is 2. The molecule has 1 rings (SSSR count). The number of aromatic nitrogens is 1. The second-order valence-electron chi connectivity index (χ2n) is 3.07. The van der Waals surface area contributed by atoms with E-state index in [2.05, 4.69) is 25.7 Å². The van der Waals surface area contributed by atoms with Crippen molar-refractivity contribution in [3.05, 3.63) is 21.9 Å². The van der Waals surface area contributed by atoms with Crippen molar-refractivity contribution in [2.24, 2.45) is 0 Å². The summed E-state index contributed by atoms with van der Waals surface area (Å²) < 4.78 is 35.2. The van der Waals surface area contributed by atoms with Crippen LogP contribution in [0.15, 0.2) is 10.8 Å². The maximum absolute atomic E-state index is 12.8. The molecule has 0 unspecified atom stereocenters. The van der Waals surface area contributed by atoms with Gasteiger partial charge in [-0.1, -0.05) is 0 Å². The van der Waals surface area contributed by atoms with Gasteiger partial charge in [0.2, 0.25) is 0 Å². The molecule has 0 N–H and O–H groups in total. The minimum absolute atomic E-state index is 0.0798. The molecule has 1 aromatic heterocycles. The topological polar surface area (TPSA) is 48.4 Å². The molecule has 1 aromatic rings. The zero-order valence-electron chi connectivity index (χ0n) is 9.17. The van der Waals surface area contributed by atoms with Gasteiger partial charge in [-0.15, -0.1) is 0 Å². The van der Waals surface area contributed by atoms with E-state index in [-0.39, 0.29) is 27.9 Å². The standard InChI is InChI=1S/C10H10BrF2NO3/c1-16-7(15)3-5-6(10(12)13)4-14-9(11)8(5)17-2/h4,10H,3H2,1-2H3. The van der Waals surface area contributed by atoms with Gasteiger partial charge in [-0.05, 0) is 15.9 Å². The van der Waals surface area contributed by atoms with Crippen LogP contribution in [0.3, 0.4) is 0 Å². The Morgan fingerprint density at radius 2 is 2.18 bits per heavy atom. The minimum Gasteiger partial charge on any atom is -0.494 e. The van der Waals surface area contributed by atoms with Crippen molar-refractivity contribution >= 4 is 21.9 Å². The van der Waals surface area contributed by atoms with Crippen molar-refractivity contribution in [3.8, 4) is 5.75 Å². The lowest BCUT2D eigenvalue weighted by Gasteiger charge is -2.13. The molecule has 17 heavy (non-hydrogen) atoms. The maximum Gasteiger partial charge on any atom is 0.310 e. The number of ether oxygens (including phenoxy) is 2. The number of esters is 1. The molecular weight excluding hydrogens is 300 g/mol. The molecule has 1 heterocycles. The predicted molar refractivity (Wildman–Crippen MR) is 59.2 cm³/mol. The number of pyridine rings is 1.